The van der Waals surface area contributed by atoms with Crippen LogP contribution in [0.5, 0.6) is 0 Å². The van der Waals surface area contributed by atoms with Crippen molar-refractivity contribution >= 4 is 17.5 Å². The number of aromatic nitrogens is 3. The second-order valence-corrected chi connectivity index (χ2v) is 4.51. The minimum absolute atomic E-state index is 0.233. The monoisotopic (exact) mass is 278 g/mol. The van der Waals surface area contributed by atoms with Gasteiger partial charge in [-0.2, -0.15) is 5.10 Å². The Kier molecular flexibility index (Phi) is 4.16. The molecule has 19 heavy (non-hydrogen) atoms. The number of aryl methyl sites for hydroxylation is 2. The summed E-state index contributed by atoms with van der Waals surface area (Å²) in [7, 11) is 1.71. The van der Waals surface area contributed by atoms with E-state index in [1.807, 2.05) is 19.1 Å². The first-order valence-electron chi connectivity index (χ1n) is 6.02. The second-order valence-electron chi connectivity index (χ2n) is 4.13. The van der Waals surface area contributed by atoms with Gasteiger partial charge in [-0.25, -0.2) is 0 Å². The van der Waals surface area contributed by atoms with Crippen molar-refractivity contribution in [1.82, 2.24) is 20.1 Å². The van der Waals surface area contributed by atoms with Crippen LogP contribution in [0.15, 0.2) is 24.5 Å². The molecule has 0 aliphatic rings. The lowest BCUT2D eigenvalue weighted by atomic mass is 10.2. The van der Waals surface area contributed by atoms with Gasteiger partial charge in [0, 0.05) is 26.0 Å². The number of nitrogens with zero attached hydrogens (tertiary/aromatic N) is 3. The van der Waals surface area contributed by atoms with Gasteiger partial charge in [-0.1, -0.05) is 24.6 Å². The molecular weight excluding hydrogens is 264 g/mol. The summed E-state index contributed by atoms with van der Waals surface area (Å²) in [5.41, 5.74) is 2.06. The molecule has 1 N–H and O–H groups in total. The first-order valence-corrected chi connectivity index (χ1v) is 6.39. The fourth-order valence-corrected chi connectivity index (χ4v) is 2.17. The SMILES string of the molecule is CCc1nn(C)c(C(=O)NCc2cccnc2)c1Cl. The molecule has 0 radical (unpaired) electrons. The second kappa shape index (κ2) is 5.84. The highest BCUT2D eigenvalue weighted by molar-refractivity contribution is 6.34. The summed E-state index contributed by atoms with van der Waals surface area (Å²) in [4.78, 5) is 16.1. The van der Waals surface area contributed by atoms with E-state index in [-0.39, 0.29) is 5.91 Å². The maximum atomic E-state index is 12.1. The highest BCUT2D eigenvalue weighted by Crippen LogP contribution is 2.20. The lowest BCUT2D eigenvalue weighted by Gasteiger charge is -2.05. The average molecular weight is 279 g/mol. The number of nitrogens with one attached hydrogen (secondary N) is 1. The maximum Gasteiger partial charge on any atom is 0.271 e. The maximum absolute atomic E-state index is 12.1. The average Bonchev–Trinajstić information content (AvgIpc) is 2.72. The predicted molar refractivity (Wildman–Crippen MR) is 73.0 cm³/mol. The zero-order chi connectivity index (χ0) is 13.8. The number of amides is 1. The summed E-state index contributed by atoms with van der Waals surface area (Å²) in [5.74, 6) is -0.233. The summed E-state index contributed by atoms with van der Waals surface area (Å²) >= 11 is 6.15. The Hall–Kier alpha value is -1.88. The van der Waals surface area contributed by atoms with Gasteiger partial charge in [-0.15, -0.1) is 0 Å². The number of halogens is 1. The normalized spacial score (nSPS) is 10.5. The van der Waals surface area contributed by atoms with Crippen LogP contribution >= 0.6 is 11.6 Å². The molecule has 1 amide bonds. The smallest absolute Gasteiger partial charge is 0.271 e. The lowest BCUT2D eigenvalue weighted by molar-refractivity contribution is 0.0941. The van der Waals surface area contributed by atoms with E-state index < -0.39 is 0 Å². The van der Waals surface area contributed by atoms with Crippen LogP contribution in [0.25, 0.3) is 0 Å². The third-order valence-electron chi connectivity index (χ3n) is 2.78. The van der Waals surface area contributed by atoms with E-state index in [1.165, 1.54) is 4.68 Å². The van der Waals surface area contributed by atoms with E-state index in [9.17, 15) is 4.79 Å². The summed E-state index contributed by atoms with van der Waals surface area (Å²) in [6.07, 6.45) is 4.10. The molecule has 0 atom stereocenters. The van der Waals surface area contributed by atoms with Crippen LogP contribution in [-0.2, 0) is 20.0 Å². The number of hydrogen-bond donors (Lipinski definition) is 1. The molecule has 0 spiro atoms. The highest BCUT2D eigenvalue weighted by atomic mass is 35.5. The van der Waals surface area contributed by atoms with Gasteiger partial charge in [0.25, 0.3) is 5.91 Å². The Balaban J connectivity index is 2.10. The summed E-state index contributed by atoms with van der Waals surface area (Å²) < 4.78 is 1.51. The van der Waals surface area contributed by atoms with Crippen molar-refractivity contribution in [2.75, 3.05) is 0 Å². The molecule has 0 saturated carbocycles. The Morgan fingerprint density at radius 3 is 2.89 bits per heavy atom. The molecule has 2 rings (SSSR count). The molecule has 0 unspecified atom stereocenters. The summed E-state index contributed by atoms with van der Waals surface area (Å²) in [5, 5.41) is 7.45. The Labute approximate surface area is 116 Å². The fraction of sp³-hybridized carbons (Fsp3) is 0.308. The first-order chi connectivity index (χ1) is 9.13. The summed E-state index contributed by atoms with van der Waals surface area (Å²) in [6.45, 7) is 2.36. The van der Waals surface area contributed by atoms with Crippen LogP contribution in [0.1, 0.15) is 28.7 Å². The van der Waals surface area contributed by atoms with Gasteiger partial charge in [0.15, 0.2) is 0 Å². The molecule has 0 aromatic carbocycles. The van der Waals surface area contributed by atoms with E-state index in [0.29, 0.717) is 23.7 Å². The molecule has 2 aromatic heterocycles. The van der Waals surface area contributed by atoms with E-state index in [0.717, 1.165) is 11.3 Å². The van der Waals surface area contributed by atoms with Gasteiger partial charge in [0.2, 0.25) is 0 Å². The fourth-order valence-electron chi connectivity index (χ4n) is 1.80. The third-order valence-corrected chi connectivity index (χ3v) is 3.18. The molecule has 5 nitrogen and oxygen atoms in total. The van der Waals surface area contributed by atoms with Gasteiger partial charge in [0.1, 0.15) is 5.69 Å². The molecular formula is C13H15ClN4O. The van der Waals surface area contributed by atoms with Crippen LogP contribution in [-0.4, -0.2) is 20.7 Å². The van der Waals surface area contributed by atoms with Crippen molar-refractivity contribution in [1.29, 1.82) is 0 Å². The molecule has 2 heterocycles. The van der Waals surface area contributed by atoms with Crippen molar-refractivity contribution in [3.05, 3.63) is 46.5 Å². The van der Waals surface area contributed by atoms with Crippen LogP contribution in [0.3, 0.4) is 0 Å². The van der Waals surface area contributed by atoms with Gasteiger partial charge in [-0.05, 0) is 18.1 Å². The topological polar surface area (TPSA) is 59.8 Å². The number of carbonyl (C=O) groups is 1. The lowest BCUT2D eigenvalue weighted by Crippen LogP contribution is -2.25. The van der Waals surface area contributed by atoms with Gasteiger partial charge < -0.3 is 5.32 Å². The van der Waals surface area contributed by atoms with Crippen LogP contribution < -0.4 is 5.32 Å². The standard InChI is InChI=1S/C13H15ClN4O/c1-3-10-11(14)12(18(2)17-10)13(19)16-8-9-5-4-6-15-7-9/h4-7H,3,8H2,1-2H3,(H,16,19). The minimum Gasteiger partial charge on any atom is -0.347 e. The molecule has 0 fully saturated rings. The van der Waals surface area contributed by atoms with Crippen molar-refractivity contribution < 1.29 is 4.79 Å². The van der Waals surface area contributed by atoms with E-state index in [4.69, 9.17) is 11.6 Å². The van der Waals surface area contributed by atoms with E-state index in [1.54, 1.807) is 19.4 Å². The molecule has 0 aliphatic heterocycles. The van der Waals surface area contributed by atoms with Gasteiger partial charge in [0.05, 0.1) is 10.7 Å². The number of pyridine rings is 1. The van der Waals surface area contributed by atoms with E-state index in [2.05, 4.69) is 15.4 Å². The van der Waals surface area contributed by atoms with Crippen molar-refractivity contribution in [2.45, 2.75) is 19.9 Å². The zero-order valence-corrected chi connectivity index (χ0v) is 11.6. The Bertz CT molecular complexity index is 580. The molecule has 2 aromatic rings. The molecule has 0 aliphatic carbocycles. The van der Waals surface area contributed by atoms with Crippen LogP contribution in [0, 0.1) is 0 Å². The Morgan fingerprint density at radius 1 is 1.53 bits per heavy atom. The highest BCUT2D eigenvalue weighted by Gasteiger charge is 2.19. The van der Waals surface area contributed by atoms with Gasteiger partial charge in [-0.3, -0.25) is 14.5 Å². The minimum atomic E-state index is -0.233. The predicted octanol–water partition coefficient (Wildman–Crippen LogP) is 1.96. The largest absolute Gasteiger partial charge is 0.347 e. The first kappa shape index (κ1) is 13.5. The molecule has 100 valence electrons. The quantitative estimate of drug-likeness (QED) is 0.930. The number of rotatable bonds is 4. The molecule has 6 heteroatoms. The third kappa shape index (κ3) is 2.93. The molecule has 0 saturated heterocycles. The molecule has 0 bridgehead atoms. The number of carbonyl (C=O) groups excluding carboxylic acids is 1. The van der Waals surface area contributed by atoms with Crippen molar-refractivity contribution in [2.24, 2.45) is 7.05 Å². The Morgan fingerprint density at radius 2 is 2.32 bits per heavy atom. The van der Waals surface area contributed by atoms with Crippen LogP contribution in [0.4, 0.5) is 0 Å². The van der Waals surface area contributed by atoms with Crippen LogP contribution in [0.2, 0.25) is 5.02 Å². The number of hydrogen-bond acceptors (Lipinski definition) is 3. The van der Waals surface area contributed by atoms with Gasteiger partial charge >= 0.3 is 0 Å². The zero-order valence-electron chi connectivity index (χ0n) is 10.9. The van der Waals surface area contributed by atoms with Crippen molar-refractivity contribution in [3.63, 3.8) is 0 Å². The van der Waals surface area contributed by atoms with Crippen molar-refractivity contribution in [3.8, 4) is 0 Å². The summed E-state index contributed by atoms with van der Waals surface area (Å²) in [6, 6.07) is 3.73. The van der Waals surface area contributed by atoms with E-state index >= 15 is 0 Å².